The van der Waals surface area contributed by atoms with E-state index in [2.05, 4.69) is 5.32 Å². The lowest BCUT2D eigenvalue weighted by Gasteiger charge is -2.22. The summed E-state index contributed by atoms with van der Waals surface area (Å²) in [6.45, 7) is 4.15. The first kappa shape index (κ1) is 14.6. The van der Waals surface area contributed by atoms with Crippen molar-refractivity contribution in [1.29, 1.82) is 0 Å². The van der Waals surface area contributed by atoms with Crippen LogP contribution in [-0.4, -0.2) is 25.7 Å². The van der Waals surface area contributed by atoms with Gasteiger partial charge in [0.2, 0.25) is 5.91 Å². The van der Waals surface area contributed by atoms with E-state index in [1.165, 1.54) is 19.2 Å². The van der Waals surface area contributed by atoms with E-state index >= 15 is 0 Å². The second-order valence-corrected chi connectivity index (χ2v) is 4.68. The Balaban J connectivity index is 2.62. The highest BCUT2D eigenvalue weighted by molar-refractivity contribution is 5.77. The summed E-state index contributed by atoms with van der Waals surface area (Å²) in [6, 6.07) is 6.38. The minimum atomic E-state index is -0.247. The zero-order valence-electron chi connectivity index (χ0n) is 11.1. The Bertz CT molecular complexity index is 376. The number of ether oxygens (including phenoxy) is 1. The Morgan fingerprint density at radius 3 is 2.44 bits per heavy atom. The number of nitrogens with one attached hydrogen (secondary N) is 1. The molecule has 1 atom stereocenters. The van der Waals surface area contributed by atoms with Crippen molar-refractivity contribution < 1.29 is 13.9 Å². The van der Waals surface area contributed by atoms with Gasteiger partial charge in [-0.05, 0) is 30.0 Å². The van der Waals surface area contributed by atoms with Crippen molar-refractivity contribution in [2.45, 2.75) is 26.3 Å². The van der Waals surface area contributed by atoms with Gasteiger partial charge in [-0.25, -0.2) is 4.39 Å². The van der Waals surface area contributed by atoms with Gasteiger partial charge in [-0.15, -0.1) is 0 Å². The standard InChI is InChI=1S/C14H20FNO2/c1-10(2)13(16-14(17)9-18-3)8-11-4-6-12(15)7-5-11/h4-7,10,13H,8-9H2,1-3H3,(H,16,17). The third kappa shape index (κ3) is 4.84. The van der Waals surface area contributed by atoms with E-state index in [0.29, 0.717) is 12.3 Å². The lowest BCUT2D eigenvalue weighted by molar-refractivity contribution is -0.125. The van der Waals surface area contributed by atoms with Gasteiger partial charge in [-0.2, -0.15) is 0 Å². The molecule has 0 heterocycles. The minimum Gasteiger partial charge on any atom is -0.375 e. The predicted octanol–water partition coefficient (Wildman–Crippen LogP) is 2.16. The maximum Gasteiger partial charge on any atom is 0.246 e. The number of carbonyl (C=O) groups excluding carboxylic acids is 1. The van der Waals surface area contributed by atoms with E-state index in [1.54, 1.807) is 12.1 Å². The summed E-state index contributed by atoms with van der Waals surface area (Å²) in [5, 5.41) is 2.92. The summed E-state index contributed by atoms with van der Waals surface area (Å²) in [6.07, 6.45) is 0.688. The maximum atomic E-state index is 12.8. The van der Waals surface area contributed by atoms with Crippen molar-refractivity contribution in [1.82, 2.24) is 5.32 Å². The van der Waals surface area contributed by atoms with Crippen LogP contribution in [0.1, 0.15) is 19.4 Å². The number of carbonyl (C=O) groups is 1. The molecule has 100 valence electrons. The van der Waals surface area contributed by atoms with Crippen LogP contribution in [0.15, 0.2) is 24.3 Å². The van der Waals surface area contributed by atoms with Crippen molar-refractivity contribution in [2.75, 3.05) is 13.7 Å². The van der Waals surface area contributed by atoms with Crippen LogP contribution in [0.5, 0.6) is 0 Å². The highest BCUT2D eigenvalue weighted by Crippen LogP contribution is 2.11. The van der Waals surface area contributed by atoms with Gasteiger partial charge in [0.05, 0.1) is 0 Å². The highest BCUT2D eigenvalue weighted by Gasteiger charge is 2.16. The molecule has 0 aromatic heterocycles. The fourth-order valence-electron chi connectivity index (χ4n) is 1.71. The van der Waals surface area contributed by atoms with Gasteiger partial charge in [-0.1, -0.05) is 26.0 Å². The van der Waals surface area contributed by atoms with E-state index in [0.717, 1.165) is 5.56 Å². The van der Waals surface area contributed by atoms with Gasteiger partial charge in [0.1, 0.15) is 12.4 Å². The summed E-state index contributed by atoms with van der Waals surface area (Å²) in [7, 11) is 1.49. The van der Waals surface area contributed by atoms with Crippen LogP contribution < -0.4 is 5.32 Å². The number of amides is 1. The van der Waals surface area contributed by atoms with Crippen LogP contribution in [0.4, 0.5) is 4.39 Å². The molecule has 0 saturated carbocycles. The average Bonchev–Trinajstić information content (AvgIpc) is 2.31. The van der Waals surface area contributed by atoms with Crippen LogP contribution >= 0.6 is 0 Å². The number of hydrogen-bond acceptors (Lipinski definition) is 2. The smallest absolute Gasteiger partial charge is 0.246 e. The van der Waals surface area contributed by atoms with E-state index in [9.17, 15) is 9.18 Å². The van der Waals surface area contributed by atoms with E-state index in [1.807, 2.05) is 13.8 Å². The number of halogens is 1. The Hall–Kier alpha value is -1.42. The molecule has 1 amide bonds. The maximum absolute atomic E-state index is 12.8. The Morgan fingerprint density at radius 2 is 1.94 bits per heavy atom. The SMILES string of the molecule is COCC(=O)NC(Cc1ccc(F)cc1)C(C)C. The molecule has 18 heavy (non-hydrogen) atoms. The molecule has 0 aliphatic heterocycles. The average molecular weight is 253 g/mol. The largest absolute Gasteiger partial charge is 0.375 e. The van der Waals surface area contributed by atoms with Crippen LogP contribution in [0.25, 0.3) is 0 Å². The van der Waals surface area contributed by atoms with Gasteiger partial charge in [0.25, 0.3) is 0 Å². The number of methoxy groups -OCH3 is 1. The third-order valence-electron chi connectivity index (χ3n) is 2.80. The number of benzene rings is 1. The molecule has 1 unspecified atom stereocenters. The van der Waals surface area contributed by atoms with Gasteiger partial charge >= 0.3 is 0 Å². The van der Waals surface area contributed by atoms with Crippen molar-refractivity contribution in [3.05, 3.63) is 35.6 Å². The summed E-state index contributed by atoms with van der Waals surface area (Å²) >= 11 is 0. The van der Waals surface area contributed by atoms with Crippen molar-refractivity contribution in [3.8, 4) is 0 Å². The predicted molar refractivity (Wildman–Crippen MR) is 68.7 cm³/mol. The molecule has 0 aliphatic carbocycles. The topological polar surface area (TPSA) is 38.3 Å². The summed E-state index contributed by atoms with van der Waals surface area (Å²) < 4.78 is 17.6. The van der Waals surface area contributed by atoms with Crippen molar-refractivity contribution in [2.24, 2.45) is 5.92 Å². The van der Waals surface area contributed by atoms with Gasteiger partial charge in [0.15, 0.2) is 0 Å². The Labute approximate surface area is 107 Å². The van der Waals surface area contributed by atoms with E-state index in [-0.39, 0.29) is 24.4 Å². The first-order valence-electron chi connectivity index (χ1n) is 6.05. The quantitative estimate of drug-likeness (QED) is 0.843. The molecule has 0 radical (unpaired) electrons. The zero-order chi connectivity index (χ0) is 13.5. The molecule has 0 bridgehead atoms. The van der Waals surface area contributed by atoms with Crippen molar-refractivity contribution in [3.63, 3.8) is 0 Å². The van der Waals surface area contributed by atoms with E-state index < -0.39 is 0 Å². The Morgan fingerprint density at radius 1 is 1.33 bits per heavy atom. The Kier molecular flexibility index (Phi) is 5.78. The molecule has 0 saturated heterocycles. The zero-order valence-corrected chi connectivity index (χ0v) is 11.1. The van der Waals surface area contributed by atoms with Gasteiger partial charge < -0.3 is 10.1 Å². The van der Waals surface area contributed by atoms with Crippen LogP contribution in [-0.2, 0) is 16.0 Å². The van der Waals surface area contributed by atoms with Crippen LogP contribution in [0.2, 0.25) is 0 Å². The van der Waals surface area contributed by atoms with E-state index in [4.69, 9.17) is 4.74 Å². The normalized spacial score (nSPS) is 12.5. The monoisotopic (exact) mass is 253 g/mol. The fourth-order valence-corrected chi connectivity index (χ4v) is 1.71. The first-order valence-corrected chi connectivity index (χ1v) is 6.05. The molecular weight excluding hydrogens is 233 g/mol. The molecule has 0 aliphatic rings. The summed E-state index contributed by atoms with van der Waals surface area (Å²) in [4.78, 5) is 11.5. The second kappa shape index (κ2) is 7.11. The minimum absolute atomic E-state index is 0.0260. The van der Waals surface area contributed by atoms with Crippen LogP contribution in [0, 0.1) is 11.7 Å². The first-order chi connectivity index (χ1) is 8.52. The highest BCUT2D eigenvalue weighted by atomic mass is 19.1. The van der Waals surface area contributed by atoms with Crippen LogP contribution in [0.3, 0.4) is 0 Å². The lowest BCUT2D eigenvalue weighted by Crippen LogP contribution is -2.41. The summed E-state index contributed by atoms with van der Waals surface area (Å²) in [5.74, 6) is -0.0718. The molecule has 1 rings (SSSR count). The molecule has 0 fully saturated rings. The molecule has 1 N–H and O–H groups in total. The second-order valence-electron chi connectivity index (χ2n) is 4.68. The molecule has 4 heteroatoms. The molecule has 3 nitrogen and oxygen atoms in total. The molecule has 1 aromatic rings. The molecule has 1 aromatic carbocycles. The summed E-state index contributed by atoms with van der Waals surface area (Å²) in [5.41, 5.74) is 1.01. The van der Waals surface area contributed by atoms with Gasteiger partial charge in [0, 0.05) is 13.2 Å². The van der Waals surface area contributed by atoms with Crippen molar-refractivity contribution >= 4 is 5.91 Å². The number of hydrogen-bond donors (Lipinski definition) is 1. The fraction of sp³-hybridized carbons (Fsp3) is 0.500. The number of rotatable bonds is 6. The molecular formula is C14H20FNO2. The third-order valence-corrected chi connectivity index (χ3v) is 2.80. The van der Waals surface area contributed by atoms with Gasteiger partial charge in [-0.3, -0.25) is 4.79 Å². The lowest BCUT2D eigenvalue weighted by atomic mass is 9.96. The molecule has 0 spiro atoms.